The van der Waals surface area contributed by atoms with Gasteiger partial charge >= 0.3 is 0 Å². The molecule has 5 nitrogen and oxygen atoms in total. The van der Waals surface area contributed by atoms with Crippen molar-refractivity contribution in [2.75, 3.05) is 24.3 Å². The van der Waals surface area contributed by atoms with Gasteiger partial charge in [0.2, 0.25) is 5.88 Å². The van der Waals surface area contributed by atoms with E-state index in [0.29, 0.717) is 17.2 Å². The molecule has 1 aromatic carbocycles. The van der Waals surface area contributed by atoms with Crippen molar-refractivity contribution in [3.63, 3.8) is 0 Å². The van der Waals surface area contributed by atoms with Crippen LogP contribution in [-0.4, -0.2) is 26.2 Å². The first-order valence-corrected chi connectivity index (χ1v) is 12.8. The molecule has 174 valence electrons. The van der Waals surface area contributed by atoms with E-state index in [2.05, 4.69) is 42.0 Å². The normalized spacial score (nSPS) is 16.1. The Morgan fingerprint density at radius 3 is 2.64 bits per heavy atom. The van der Waals surface area contributed by atoms with Crippen LogP contribution >= 0.6 is 27.3 Å². The number of carbonyl (C=O) groups excluding carboxylic acids is 1. The summed E-state index contributed by atoms with van der Waals surface area (Å²) in [5.41, 5.74) is 2.86. The fourth-order valence-corrected chi connectivity index (χ4v) is 6.15. The van der Waals surface area contributed by atoms with E-state index in [1.807, 2.05) is 55.4 Å². The van der Waals surface area contributed by atoms with E-state index in [9.17, 15) is 4.79 Å². The predicted octanol–water partition coefficient (Wildman–Crippen LogP) is 7.32. The average Bonchev–Trinajstić information content (AvgIpc) is 3.31. The van der Waals surface area contributed by atoms with Crippen molar-refractivity contribution in [1.29, 1.82) is 0 Å². The van der Waals surface area contributed by atoms with Gasteiger partial charge in [-0.25, -0.2) is 4.99 Å². The number of thiophene rings is 1. The van der Waals surface area contributed by atoms with E-state index in [4.69, 9.17) is 9.41 Å². The van der Waals surface area contributed by atoms with Crippen LogP contribution in [0.25, 0.3) is 0 Å². The van der Waals surface area contributed by atoms with E-state index in [1.54, 1.807) is 17.6 Å². The molecule has 7 heteroatoms. The second kappa shape index (κ2) is 9.47. The minimum Gasteiger partial charge on any atom is -0.438 e. The summed E-state index contributed by atoms with van der Waals surface area (Å²) in [5, 5.41) is 3.80. The predicted molar refractivity (Wildman–Crippen MR) is 142 cm³/mol. The molecule has 1 N–H and O–H groups in total. The molecule has 0 aliphatic heterocycles. The Kier molecular flexibility index (Phi) is 6.82. The summed E-state index contributed by atoms with van der Waals surface area (Å²) in [4.78, 5) is 21.3. The second-order valence-corrected chi connectivity index (χ2v) is 11.7. The highest BCUT2D eigenvalue weighted by molar-refractivity contribution is 9.10. The minimum atomic E-state index is -0.102. The quantitative estimate of drug-likeness (QED) is 0.353. The second-order valence-electron chi connectivity index (χ2n) is 9.76. The summed E-state index contributed by atoms with van der Waals surface area (Å²) in [6.07, 6.45) is 4.68. The van der Waals surface area contributed by atoms with E-state index < -0.39 is 0 Å². The first-order valence-electron chi connectivity index (χ1n) is 11.1. The first kappa shape index (κ1) is 23.8. The molecular formula is C26H30BrN3O2S. The van der Waals surface area contributed by atoms with Crippen molar-refractivity contribution >= 4 is 56.0 Å². The molecule has 0 bridgehead atoms. The number of para-hydroxylation sites is 1. The molecule has 1 aliphatic carbocycles. The maximum atomic E-state index is 13.4. The number of fused-ring (bicyclic) bond motifs is 1. The number of aliphatic imine (C=N–C) groups is 1. The van der Waals surface area contributed by atoms with Crippen LogP contribution in [0.15, 0.2) is 50.3 Å². The lowest BCUT2D eigenvalue weighted by Gasteiger charge is -2.33. The smallest absolute Gasteiger partial charge is 0.259 e. The molecular weight excluding hydrogens is 498 g/mol. The summed E-state index contributed by atoms with van der Waals surface area (Å²) >= 11 is 5.17. The molecule has 2 aromatic heterocycles. The van der Waals surface area contributed by atoms with Crippen LogP contribution in [-0.2, 0) is 12.8 Å². The third kappa shape index (κ3) is 5.25. The minimum absolute atomic E-state index is 0.102. The molecule has 0 saturated carbocycles. The van der Waals surface area contributed by atoms with E-state index >= 15 is 0 Å². The van der Waals surface area contributed by atoms with Gasteiger partial charge in [0, 0.05) is 30.7 Å². The summed E-state index contributed by atoms with van der Waals surface area (Å²) in [7, 11) is 3.85. The Labute approximate surface area is 208 Å². The Morgan fingerprint density at radius 1 is 1.27 bits per heavy atom. The molecule has 33 heavy (non-hydrogen) atoms. The van der Waals surface area contributed by atoms with Crippen LogP contribution < -0.4 is 10.2 Å². The fraction of sp³-hybridized carbons (Fsp3) is 0.385. The van der Waals surface area contributed by atoms with E-state index in [0.717, 1.165) is 45.9 Å². The van der Waals surface area contributed by atoms with Gasteiger partial charge in [0.15, 0.2) is 0 Å². The molecule has 3 aromatic rings. The number of hydrogen-bond donors (Lipinski definition) is 1. The third-order valence-corrected chi connectivity index (χ3v) is 7.86. The largest absolute Gasteiger partial charge is 0.438 e. The van der Waals surface area contributed by atoms with Crippen molar-refractivity contribution in [3.8, 4) is 0 Å². The molecule has 0 radical (unpaired) electrons. The molecule has 1 amide bonds. The Morgan fingerprint density at radius 2 is 2.00 bits per heavy atom. The number of nitrogens with one attached hydrogen (secondary N) is 1. The molecule has 4 rings (SSSR count). The standard InChI is InChI=1S/C26H30BrN3O2S/c1-26(2,3)16-11-12-19-21(13-16)33-24(22(19)23(31)29-17-9-7-6-8-10-17)28-15-18-14-20(27)25(32-18)30(4)5/h6-10,14-16H,11-13H2,1-5H3,(H,29,31)/t16-/m1/s1. The van der Waals surface area contributed by atoms with Crippen molar-refractivity contribution in [1.82, 2.24) is 0 Å². The van der Waals surface area contributed by atoms with Gasteiger partial charge in [-0.15, -0.1) is 11.3 Å². The van der Waals surface area contributed by atoms with Crippen LogP contribution in [0, 0.1) is 11.3 Å². The monoisotopic (exact) mass is 527 g/mol. The highest BCUT2D eigenvalue weighted by Gasteiger charge is 2.33. The van der Waals surface area contributed by atoms with Gasteiger partial charge in [0.1, 0.15) is 10.8 Å². The summed E-state index contributed by atoms with van der Waals surface area (Å²) in [6.45, 7) is 6.90. The highest BCUT2D eigenvalue weighted by atomic mass is 79.9. The molecule has 0 fully saturated rings. The van der Waals surface area contributed by atoms with E-state index in [-0.39, 0.29) is 11.3 Å². The molecule has 0 saturated heterocycles. The lowest BCUT2D eigenvalue weighted by Crippen LogP contribution is -2.27. The zero-order valence-electron chi connectivity index (χ0n) is 19.7. The molecule has 0 unspecified atom stereocenters. The number of furan rings is 1. The fourth-order valence-electron chi connectivity index (χ4n) is 4.22. The van der Waals surface area contributed by atoms with Gasteiger partial charge in [-0.05, 0) is 64.2 Å². The van der Waals surface area contributed by atoms with Crippen molar-refractivity contribution in [2.24, 2.45) is 16.3 Å². The maximum absolute atomic E-state index is 13.4. The number of halogens is 1. The van der Waals surface area contributed by atoms with Crippen LogP contribution in [0.1, 0.15) is 53.8 Å². The van der Waals surface area contributed by atoms with Gasteiger partial charge in [-0.1, -0.05) is 39.0 Å². The highest BCUT2D eigenvalue weighted by Crippen LogP contribution is 2.45. The Bertz CT molecular complexity index is 1170. The van der Waals surface area contributed by atoms with Gasteiger partial charge in [-0.3, -0.25) is 4.79 Å². The number of anilines is 2. The Balaban J connectivity index is 1.70. The number of nitrogens with zero attached hydrogens (tertiary/aromatic N) is 2. The summed E-state index contributed by atoms with van der Waals surface area (Å²) in [6, 6.07) is 11.5. The Hall–Kier alpha value is -2.38. The maximum Gasteiger partial charge on any atom is 0.259 e. The zero-order chi connectivity index (χ0) is 23.8. The van der Waals surface area contributed by atoms with Gasteiger partial charge in [0.05, 0.1) is 16.3 Å². The van der Waals surface area contributed by atoms with Gasteiger partial charge < -0.3 is 14.6 Å². The first-order chi connectivity index (χ1) is 15.6. The number of benzene rings is 1. The third-order valence-electron chi connectivity index (χ3n) is 6.13. The lowest BCUT2D eigenvalue weighted by atomic mass is 9.72. The summed E-state index contributed by atoms with van der Waals surface area (Å²) in [5.74, 6) is 1.86. The number of hydrogen-bond acceptors (Lipinski definition) is 5. The average molecular weight is 529 g/mol. The molecule has 2 heterocycles. The van der Waals surface area contributed by atoms with Gasteiger partial charge in [-0.2, -0.15) is 0 Å². The van der Waals surface area contributed by atoms with Crippen LogP contribution in [0.5, 0.6) is 0 Å². The van der Waals surface area contributed by atoms with Crippen LogP contribution in [0.2, 0.25) is 0 Å². The molecule has 1 aliphatic rings. The molecule has 1 atom stereocenters. The lowest BCUT2D eigenvalue weighted by molar-refractivity contribution is 0.102. The van der Waals surface area contributed by atoms with Crippen molar-refractivity contribution in [3.05, 3.63) is 62.6 Å². The SMILES string of the molecule is CN(C)c1oc(C=Nc2sc3c(c2C(=O)Nc2ccccc2)CC[C@@H](C(C)(C)C)C3)cc1Br. The molecule has 0 spiro atoms. The topological polar surface area (TPSA) is 57.8 Å². The van der Waals surface area contributed by atoms with E-state index in [1.165, 1.54) is 4.88 Å². The van der Waals surface area contributed by atoms with Gasteiger partial charge in [0.25, 0.3) is 5.91 Å². The van der Waals surface area contributed by atoms with Crippen LogP contribution in [0.4, 0.5) is 16.6 Å². The van der Waals surface area contributed by atoms with Crippen molar-refractivity contribution < 1.29 is 9.21 Å². The van der Waals surface area contributed by atoms with Crippen LogP contribution in [0.3, 0.4) is 0 Å². The number of amides is 1. The summed E-state index contributed by atoms with van der Waals surface area (Å²) < 4.78 is 6.76. The number of rotatable bonds is 5. The number of carbonyl (C=O) groups is 1. The van der Waals surface area contributed by atoms with Crippen molar-refractivity contribution in [2.45, 2.75) is 40.0 Å². The zero-order valence-corrected chi connectivity index (χ0v) is 22.1.